The predicted octanol–water partition coefficient (Wildman–Crippen LogP) is 3.12. The summed E-state index contributed by atoms with van der Waals surface area (Å²) in [4.78, 5) is 20.9. The molecule has 0 saturated heterocycles. The van der Waals surface area contributed by atoms with Crippen molar-refractivity contribution in [3.8, 4) is 10.4 Å². The predicted molar refractivity (Wildman–Crippen MR) is 102 cm³/mol. The Labute approximate surface area is 154 Å². The van der Waals surface area contributed by atoms with E-state index in [-0.39, 0.29) is 36.4 Å². The minimum Gasteiger partial charge on any atom is -0.308 e. The van der Waals surface area contributed by atoms with Gasteiger partial charge in [-0.2, -0.15) is 5.10 Å². The summed E-state index contributed by atoms with van der Waals surface area (Å²) in [6.07, 6.45) is 6.81. The van der Waals surface area contributed by atoms with E-state index in [9.17, 15) is 4.79 Å². The first-order chi connectivity index (χ1) is 10.7. The van der Waals surface area contributed by atoms with Gasteiger partial charge in [-0.25, -0.2) is 4.98 Å². The summed E-state index contributed by atoms with van der Waals surface area (Å²) in [5.74, 6) is 0.704. The second-order valence-electron chi connectivity index (χ2n) is 5.35. The zero-order valence-corrected chi connectivity index (χ0v) is 15.3. The molecule has 4 rings (SSSR count). The average Bonchev–Trinajstić information content (AvgIpc) is 3.14. The van der Waals surface area contributed by atoms with Gasteiger partial charge in [0.15, 0.2) is 0 Å². The summed E-state index contributed by atoms with van der Waals surface area (Å²) in [5, 5.41) is 10.3. The minimum atomic E-state index is -0.0752. The number of H-pyrrole nitrogens is 2. The van der Waals surface area contributed by atoms with Crippen molar-refractivity contribution >= 4 is 46.4 Å². The highest BCUT2D eigenvalue weighted by Crippen LogP contribution is 2.32. The molecule has 0 amide bonds. The summed E-state index contributed by atoms with van der Waals surface area (Å²) < 4.78 is 0.658. The molecule has 6 nitrogen and oxygen atoms in total. The monoisotopic (exact) mass is 385 g/mol. The first kappa shape index (κ1) is 18.7. The quantitative estimate of drug-likeness (QED) is 0.591. The van der Waals surface area contributed by atoms with E-state index in [0.717, 1.165) is 34.6 Å². The largest absolute Gasteiger partial charge is 0.308 e. The van der Waals surface area contributed by atoms with Crippen LogP contribution >= 0.6 is 36.2 Å². The van der Waals surface area contributed by atoms with Crippen LogP contribution in [0.4, 0.5) is 0 Å². The molecule has 4 heterocycles. The minimum absolute atomic E-state index is 0. The number of aryl methyl sites for hydroxylation is 1. The molecule has 0 aromatic carbocycles. The van der Waals surface area contributed by atoms with Gasteiger partial charge in [-0.3, -0.25) is 9.89 Å². The molecule has 1 aliphatic rings. The van der Waals surface area contributed by atoms with E-state index in [4.69, 9.17) is 0 Å². The third kappa shape index (κ3) is 3.25. The second-order valence-corrected chi connectivity index (χ2v) is 6.41. The van der Waals surface area contributed by atoms with Gasteiger partial charge in [0.2, 0.25) is 0 Å². The van der Waals surface area contributed by atoms with Crippen LogP contribution in [0.1, 0.15) is 24.0 Å². The highest BCUT2D eigenvalue weighted by atomic mass is 35.5. The lowest BCUT2D eigenvalue weighted by molar-refractivity contribution is 0.526. The Morgan fingerprint density at radius 1 is 1.29 bits per heavy atom. The molecule has 3 N–H and O–H groups in total. The van der Waals surface area contributed by atoms with Gasteiger partial charge < -0.3 is 10.3 Å². The number of hydrogen-bond donors (Lipinski definition) is 3. The number of fused-ring (bicyclic) bond motifs is 1. The summed E-state index contributed by atoms with van der Waals surface area (Å²) in [7, 11) is 0. The van der Waals surface area contributed by atoms with Gasteiger partial charge in [0, 0.05) is 22.7 Å². The highest BCUT2D eigenvalue weighted by molar-refractivity contribution is 7.22. The lowest BCUT2D eigenvalue weighted by Gasteiger charge is -2.18. The van der Waals surface area contributed by atoms with Crippen LogP contribution in [0.25, 0.3) is 20.7 Å². The molecule has 0 fully saturated rings. The molecule has 0 aliphatic carbocycles. The average molecular weight is 386 g/mol. The van der Waals surface area contributed by atoms with Crippen molar-refractivity contribution in [1.82, 2.24) is 25.5 Å². The lowest BCUT2D eigenvalue weighted by Crippen LogP contribution is -2.27. The zero-order chi connectivity index (χ0) is 15.1. The molecule has 3 aromatic heterocycles. The topological polar surface area (TPSA) is 86.5 Å². The van der Waals surface area contributed by atoms with Crippen molar-refractivity contribution in [2.75, 3.05) is 6.54 Å². The molecule has 0 spiro atoms. The van der Waals surface area contributed by atoms with Crippen molar-refractivity contribution in [3.63, 3.8) is 0 Å². The van der Waals surface area contributed by atoms with Gasteiger partial charge in [-0.1, -0.05) is 12.2 Å². The van der Waals surface area contributed by atoms with Crippen LogP contribution in [-0.2, 0) is 0 Å². The standard InChI is InChI=1S/C15H15N5OS.2ClH/c1-8-9(7-17-20-8)12-6-11-13(22-12)15(21)19-14(18-11)10-4-2-3-5-16-10;;/h2-3,6-7,10,16H,4-5H2,1H3,(H,17,20)(H,18,19,21);2*1H/t10-;;/m0../s1. The van der Waals surface area contributed by atoms with Gasteiger partial charge in [0.1, 0.15) is 10.5 Å². The number of halogens is 2. The maximum absolute atomic E-state index is 12.4. The van der Waals surface area contributed by atoms with E-state index in [0.29, 0.717) is 10.5 Å². The van der Waals surface area contributed by atoms with Crippen LogP contribution in [0.5, 0.6) is 0 Å². The molecule has 24 heavy (non-hydrogen) atoms. The van der Waals surface area contributed by atoms with Crippen molar-refractivity contribution in [2.45, 2.75) is 19.4 Å². The fraction of sp³-hybridized carbons (Fsp3) is 0.267. The summed E-state index contributed by atoms with van der Waals surface area (Å²) in [6, 6.07) is 2.04. The highest BCUT2D eigenvalue weighted by Gasteiger charge is 2.18. The molecular formula is C15H17Cl2N5OS. The molecule has 0 saturated carbocycles. The Bertz CT molecular complexity index is 929. The van der Waals surface area contributed by atoms with Crippen LogP contribution in [0.15, 0.2) is 29.2 Å². The Morgan fingerprint density at radius 3 is 2.79 bits per heavy atom. The first-order valence-corrected chi connectivity index (χ1v) is 7.96. The Morgan fingerprint density at radius 2 is 2.12 bits per heavy atom. The second kappa shape index (κ2) is 7.48. The van der Waals surface area contributed by atoms with Crippen molar-refractivity contribution in [3.05, 3.63) is 46.3 Å². The molecule has 0 radical (unpaired) electrons. The van der Waals surface area contributed by atoms with E-state index >= 15 is 0 Å². The van der Waals surface area contributed by atoms with Gasteiger partial charge in [-0.05, 0) is 19.4 Å². The van der Waals surface area contributed by atoms with E-state index in [2.05, 4.69) is 37.6 Å². The molecular weight excluding hydrogens is 369 g/mol. The molecule has 1 aliphatic heterocycles. The maximum Gasteiger partial charge on any atom is 0.268 e. The smallest absolute Gasteiger partial charge is 0.268 e. The lowest BCUT2D eigenvalue weighted by atomic mass is 10.1. The van der Waals surface area contributed by atoms with Crippen molar-refractivity contribution in [1.29, 1.82) is 0 Å². The van der Waals surface area contributed by atoms with Crippen LogP contribution in [-0.4, -0.2) is 26.7 Å². The van der Waals surface area contributed by atoms with Gasteiger partial charge in [-0.15, -0.1) is 36.2 Å². The normalized spacial score (nSPS) is 16.6. The van der Waals surface area contributed by atoms with Crippen LogP contribution in [0.2, 0.25) is 0 Å². The van der Waals surface area contributed by atoms with E-state index < -0.39 is 0 Å². The first-order valence-electron chi connectivity index (χ1n) is 7.15. The number of rotatable bonds is 2. The van der Waals surface area contributed by atoms with Crippen LogP contribution in [0, 0.1) is 6.92 Å². The SMILES string of the molecule is Cc1[nH]ncc1-c1cc2nc([C@@H]3CC=CCN3)[nH]c(=O)c2s1.Cl.Cl. The molecule has 0 bridgehead atoms. The summed E-state index contributed by atoms with van der Waals surface area (Å²) in [6.45, 7) is 2.77. The van der Waals surface area contributed by atoms with Gasteiger partial charge in [0.05, 0.1) is 17.8 Å². The van der Waals surface area contributed by atoms with E-state index in [1.54, 1.807) is 6.20 Å². The molecule has 0 unspecified atom stereocenters. The number of nitrogens with one attached hydrogen (secondary N) is 3. The van der Waals surface area contributed by atoms with Crippen molar-refractivity contribution in [2.24, 2.45) is 0 Å². The molecule has 1 atom stereocenters. The van der Waals surface area contributed by atoms with Crippen molar-refractivity contribution < 1.29 is 0 Å². The molecule has 3 aromatic rings. The van der Waals surface area contributed by atoms with Crippen LogP contribution in [0.3, 0.4) is 0 Å². The number of nitrogens with zero attached hydrogens (tertiary/aromatic N) is 2. The Balaban J connectivity index is 0.00000104. The van der Waals surface area contributed by atoms with Gasteiger partial charge >= 0.3 is 0 Å². The zero-order valence-electron chi connectivity index (χ0n) is 12.8. The fourth-order valence-corrected chi connectivity index (χ4v) is 3.73. The van der Waals surface area contributed by atoms with E-state index in [1.165, 1.54) is 11.3 Å². The van der Waals surface area contributed by atoms with Crippen LogP contribution < -0.4 is 10.9 Å². The Kier molecular flexibility index (Phi) is 5.82. The number of hydrogen-bond acceptors (Lipinski definition) is 5. The summed E-state index contributed by atoms with van der Waals surface area (Å²) in [5.41, 5.74) is 2.68. The number of aromatic amines is 2. The molecule has 128 valence electrons. The van der Waals surface area contributed by atoms with Gasteiger partial charge in [0.25, 0.3) is 5.56 Å². The third-order valence-corrected chi connectivity index (χ3v) is 5.00. The third-order valence-electron chi connectivity index (χ3n) is 3.85. The Hall–Kier alpha value is -1.67. The molecule has 9 heteroatoms. The summed E-state index contributed by atoms with van der Waals surface area (Å²) >= 11 is 1.45. The number of aromatic nitrogens is 4. The fourth-order valence-electron chi connectivity index (χ4n) is 2.67. The number of thiophene rings is 1. The maximum atomic E-state index is 12.4. The van der Waals surface area contributed by atoms with E-state index in [1.807, 2.05) is 13.0 Å².